The van der Waals surface area contributed by atoms with Crippen molar-refractivity contribution >= 4 is 74.6 Å². The van der Waals surface area contributed by atoms with E-state index in [1.54, 1.807) is 0 Å². The summed E-state index contributed by atoms with van der Waals surface area (Å²) in [6.45, 7) is 0. The molecule has 3 nitrogen and oxygen atoms in total. The number of fused-ring (bicyclic) bond motifs is 10. The Balaban J connectivity index is 1.18. The lowest BCUT2D eigenvalue weighted by molar-refractivity contribution is 1.08. The molecular formula is C43H25N3S. The third kappa shape index (κ3) is 4.23. The fourth-order valence-corrected chi connectivity index (χ4v) is 8.13. The van der Waals surface area contributed by atoms with Crippen molar-refractivity contribution in [2.24, 2.45) is 0 Å². The van der Waals surface area contributed by atoms with Crippen LogP contribution in [0.5, 0.6) is 0 Å². The summed E-state index contributed by atoms with van der Waals surface area (Å²) in [4.78, 5) is 15.0. The molecule has 0 fully saturated rings. The fraction of sp³-hybridized carbons (Fsp3) is 0. The molecule has 0 atom stereocenters. The van der Waals surface area contributed by atoms with E-state index in [4.69, 9.17) is 15.0 Å². The number of rotatable bonds is 3. The molecule has 0 aliphatic rings. The highest BCUT2D eigenvalue weighted by molar-refractivity contribution is 7.26. The number of hydrogen-bond donors (Lipinski definition) is 0. The Kier molecular flexibility index (Phi) is 5.74. The normalized spacial score (nSPS) is 11.8. The maximum atomic E-state index is 5.06. The number of nitrogens with zero attached hydrogens (tertiary/aromatic N) is 3. The number of benzene rings is 8. The standard InChI is InChI=1S/C43H25N3S/c1-2-9-28(10-3-1)41-44-42(31-17-14-26-8-4-5-11-29(26)24-31)46-43(45-41)32-19-20-33-30(25-32)16-15-27-18-21-35-34(39(27)33)22-23-38-40(35)36-12-6-7-13-37(36)47-38/h1-25H. The molecule has 47 heavy (non-hydrogen) atoms. The third-order valence-electron chi connectivity index (χ3n) is 9.27. The van der Waals surface area contributed by atoms with Crippen LogP contribution in [0.25, 0.3) is 97.4 Å². The summed E-state index contributed by atoms with van der Waals surface area (Å²) in [5.74, 6) is 1.99. The van der Waals surface area contributed by atoms with Gasteiger partial charge in [-0.25, -0.2) is 15.0 Å². The van der Waals surface area contributed by atoms with Gasteiger partial charge in [-0.3, -0.25) is 0 Å². The van der Waals surface area contributed by atoms with Crippen LogP contribution in [0, 0.1) is 0 Å². The highest BCUT2D eigenvalue weighted by Gasteiger charge is 2.15. The molecule has 4 heteroatoms. The summed E-state index contributed by atoms with van der Waals surface area (Å²) in [5.41, 5.74) is 2.89. The average molecular weight is 616 g/mol. The number of aromatic nitrogens is 3. The number of thiophene rings is 1. The molecule has 0 amide bonds. The predicted molar refractivity (Wildman–Crippen MR) is 199 cm³/mol. The lowest BCUT2D eigenvalue weighted by Gasteiger charge is -2.12. The van der Waals surface area contributed by atoms with Crippen molar-refractivity contribution in [3.05, 3.63) is 152 Å². The lowest BCUT2D eigenvalue weighted by Crippen LogP contribution is -2.00. The second-order valence-corrected chi connectivity index (χ2v) is 13.1. The van der Waals surface area contributed by atoms with Gasteiger partial charge in [-0.2, -0.15) is 0 Å². The molecule has 0 spiro atoms. The smallest absolute Gasteiger partial charge is 0.164 e. The quantitative estimate of drug-likeness (QED) is 0.186. The molecule has 0 unspecified atom stereocenters. The zero-order valence-corrected chi connectivity index (χ0v) is 26.0. The highest BCUT2D eigenvalue weighted by atomic mass is 32.1. The van der Waals surface area contributed by atoms with E-state index in [-0.39, 0.29) is 0 Å². The van der Waals surface area contributed by atoms with Crippen LogP contribution in [0.15, 0.2) is 152 Å². The molecule has 0 saturated heterocycles. The zero-order valence-electron chi connectivity index (χ0n) is 25.2. The van der Waals surface area contributed by atoms with Crippen LogP contribution in [0.2, 0.25) is 0 Å². The summed E-state index contributed by atoms with van der Waals surface area (Å²) in [6, 6.07) is 53.9. The molecular weight excluding hydrogens is 591 g/mol. The van der Waals surface area contributed by atoms with Gasteiger partial charge in [-0.15, -0.1) is 11.3 Å². The molecule has 0 bridgehead atoms. The Morgan fingerprint density at radius 2 is 0.894 bits per heavy atom. The van der Waals surface area contributed by atoms with E-state index in [2.05, 4.69) is 133 Å². The van der Waals surface area contributed by atoms with Gasteiger partial charge in [-0.05, 0) is 67.4 Å². The average Bonchev–Trinajstić information content (AvgIpc) is 3.53. The monoisotopic (exact) mass is 615 g/mol. The van der Waals surface area contributed by atoms with Crippen molar-refractivity contribution in [1.82, 2.24) is 15.0 Å². The first-order chi connectivity index (χ1) is 23.3. The van der Waals surface area contributed by atoms with E-state index in [0.717, 1.165) is 27.5 Å². The van der Waals surface area contributed by atoms with Crippen LogP contribution >= 0.6 is 11.3 Å². The molecule has 218 valence electrons. The van der Waals surface area contributed by atoms with Gasteiger partial charge < -0.3 is 0 Å². The van der Waals surface area contributed by atoms with Gasteiger partial charge in [0, 0.05) is 36.9 Å². The molecule has 10 rings (SSSR count). The van der Waals surface area contributed by atoms with E-state index >= 15 is 0 Å². The molecule has 0 aliphatic carbocycles. The zero-order chi connectivity index (χ0) is 30.9. The Hall–Kier alpha value is -5.97. The Bertz CT molecular complexity index is 2850. The molecule has 2 aromatic heterocycles. The Morgan fingerprint density at radius 1 is 0.319 bits per heavy atom. The van der Waals surface area contributed by atoms with Crippen LogP contribution in [0.3, 0.4) is 0 Å². The van der Waals surface area contributed by atoms with Gasteiger partial charge in [-0.1, -0.05) is 127 Å². The summed E-state index contributed by atoms with van der Waals surface area (Å²) >= 11 is 1.87. The molecule has 10 aromatic rings. The summed E-state index contributed by atoms with van der Waals surface area (Å²) in [7, 11) is 0. The minimum atomic E-state index is 0.661. The van der Waals surface area contributed by atoms with Crippen molar-refractivity contribution in [1.29, 1.82) is 0 Å². The molecule has 8 aromatic carbocycles. The predicted octanol–water partition coefficient (Wildman–Crippen LogP) is 11.9. The summed E-state index contributed by atoms with van der Waals surface area (Å²) < 4.78 is 2.65. The molecule has 0 radical (unpaired) electrons. The van der Waals surface area contributed by atoms with Crippen LogP contribution in [-0.4, -0.2) is 15.0 Å². The second-order valence-electron chi connectivity index (χ2n) is 12.0. The van der Waals surface area contributed by atoms with Crippen LogP contribution in [0.4, 0.5) is 0 Å². The summed E-state index contributed by atoms with van der Waals surface area (Å²) in [5, 5.41) is 12.5. The maximum Gasteiger partial charge on any atom is 0.164 e. The first kappa shape index (κ1) is 26.3. The highest BCUT2D eigenvalue weighted by Crippen LogP contribution is 2.42. The van der Waals surface area contributed by atoms with Crippen LogP contribution in [-0.2, 0) is 0 Å². The van der Waals surface area contributed by atoms with E-state index < -0.39 is 0 Å². The van der Waals surface area contributed by atoms with Gasteiger partial charge in [0.25, 0.3) is 0 Å². The van der Waals surface area contributed by atoms with Gasteiger partial charge in [0.2, 0.25) is 0 Å². The third-order valence-corrected chi connectivity index (χ3v) is 10.4. The van der Waals surface area contributed by atoms with Gasteiger partial charge in [0.1, 0.15) is 0 Å². The molecule has 0 aliphatic heterocycles. The lowest BCUT2D eigenvalue weighted by atomic mass is 9.93. The van der Waals surface area contributed by atoms with E-state index in [0.29, 0.717) is 17.5 Å². The SMILES string of the molecule is c1ccc(-c2nc(-c3ccc4ccccc4c3)nc(-c3ccc4c(ccc5ccc6c(ccc7sc8ccccc8c76)c54)c3)n2)cc1. The Labute approximate surface area is 274 Å². The Morgan fingerprint density at radius 3 is 1.74 bits per heavy atom. The topological polar surface area (TPSA) is 38.7 Å². The van der Waals surface area contributed by atoms with Crippen molar-refractivity contribution in [3.8, 4) is 34.2 Å². The van der Waals surface area contributed by atoms with Crippen molar-refractivity contribution in [3.63, 3.8) is 0 Å². The van der Waals surface area contributed by atoms with Crippen molar-refractivity contribution in [2.75, 3.05) is 0 Å². The fourth-order valence-electron chi connectivity index (χ4n) is 7.01. The minimum Gasteiger partial charge on any atom is -0.208 e. The van der Waals surface area contributed by atoms with Crippen LogP contribution < -0.4 is 0 Å². The van der Waals surface area contributed by atoms with Crippen molar-refractivity contribution < 1.29 is 0 Å². The van der Waals surface area contributed by atoms with Gasteiger partial charge >= 0.3 is 0 Å². The van der Waals surface area contributed by atoms with Crippen molar-refractivity contribution in [2.45, 2.75) is 0 Å². The van der Waals surface area contributed by atoms with Gasteiger partial charge in [0.05, 0.1) is 0 Å². The number of hydrogen-bond acceptors (Lipinski definition) is 4. The van der Waals surface area contributed by atoms with E-state index in [9.17, 15) is 0 Å². The minimum absolute atomic E-state index is 0.661. The largest absolute Gasteiger partial charge is 0.208 e. The first-order valence-electron chi connectivity index (χ1n) is 15.8. The van der Waals surface area contributed by atoms with E-state index in [1.165, 1.54) is 52.5 Å². The van der Waals surface area contributed by atoms with E-state index in [1.807, 2.05) is 29.5 Å². The molecule has 0 saturated carbocycles. The second kappa shape index (κ2) is 10.3. The maximum absolute atomic E-state index is 5.06. The molecule has 2 heterocycles. The molecule has 0 N–H and O–H groups in total. The van der Waals surface area contributed by atoms with Crippen LogP contribution in [0.1, 0.15) is 0 Å². The summed E-state index contributed by atoms with van der Waals surface area (Å²) in [6.07, 6.45) is 0. The first-order valence-corrected chi connectivity index (χ1v) is 16.6. The van der Waals surface area contributed by atoms with Gasteiger partial charge in [0.15, 0.2) is 17.5 Å².